The molecule has 0 spiro atoms. The number of nitrogens with two attached hydrogens (primary N) is 1. The van der Waals surface area contributed by atoms with Gasteiger partial charge < -0.3 is 16.4 Å². The van der Waals surface area contributed by atoms with E-state index < -0.39 is 0 Å². The van der Waals surface area contributed by atoms with E-state index in [0.717, 1.165) is 12.8 Å². The minimum atomic E-state index is -0.155. The summed E-state index contributed by atoms with van der Waals surface area (Å²) in [6, 6.07) is 0.126. The molecule has 0 aromatic rings. The monoisotopic (exact) mass is 215 g/mol. The molecule has 4 N–H and O–H groups in total. The first kappa shape index (κ1) is 13.9. The summed E-state index contributed by atoms with van der Waals surface area (Å²) in [5.41, 5.74) is 5.54. The van der Waals surface area contributed by atoms with Crippen LogP contribution in [0.4, 0.5) is 0 Å². The topological polar surface area (TPSA) is 84.2 Å². The molecule has 0 aliphatic heterocycles. The van der Waals surface area contributed by atoms with Crippen LogP contribution >= 0.6 is 0 Å². The van der Waals surface area contributed by atoms with Gasteiger partial charge in [-0.15, -0.1) is 0 Å². The second-order valence-electron chi connectivity index (χ2n) is 3.60. The lowest BCUT2D eigenvalue weighted by Crippen LogP contribution is -2.36. The van der Waals surface area contributed by atoms with Crippen LogP contribution in [0, 0.1) is 0 Å². The van der Waals surface area contributed by atoms with E-state index in [0.29, 0.717) is 13.0 Å². The molecule has 88 valence electrons. The summed E-state index contributed by atoms with van der Waals surface area (Å²) in [5.74, 6) is -0.250. The second-order valence-corrected chi connectivity index (χ2v) is 3.60. The Morgan fingerprint density at radius 1 is 1.27 bits per heavy atom. The minimum Gasteiger partial charge on any atom is -0.355 e. The molecular formula is C10H21N3O2. The van der Waals surface area contributed by atoms with E-state index in [9.17, 15) is 9.59 Å². The first-order chi connectivity index (χ1) is 7.06. The van der Waals surface area contributed by atoms with Gasteiger partial charge in [-0.2, -0.15) is 0 Å². The summed E-state index contributed by atoms with van der Waals surface area (Å²) in [7, 11) is 0. The highest BCUT2D eigenvalue weighted by atomic mass is 16.2. The molecule has 0 aromatic carbocycles. The molecule has 1 atom stereocenters. The van der Waals surface area contributed by atoms with Crippen molar-refractivity contribution in [3.05, 3.63) is 0 Å². The van der Waals surface area contributed by atoms with Crippen LogP contribution in [0.1, 0.15) is 33.1 Å². The van der Waals surface area contributed by atoms with Gasteiger partial charge in [-0.1, -0.05) is 0 Å². The highest BCUT2D eigenvalue weighted by Gasteiger charge is 2.04. The third-order valence-electron chi connectivity index (χ3n) is 1.88. The van der Waals surface area contributed by atoms with Crippen LogP contribution in [-0.2, 0) is 9.59 Å². The SMILES string of the molecule is CCNC(=O)CNC(=O)CCCC(C)N. The Hall–Kier alpha value is -1.10. The van der Waals surface area contributed by atoms with Crippen molar-refractivity contribution in [1.82, 2.24) is 10.6 Å². The first-order valence-corrected chi connectivity index (χ1v) is 5.35. The summed E-state index contributed by atoms with van der Waals surface area (Å²) in [6.07, 6.45) is 2.02. The fourth-order valence-electron chi connectivity index (χ4n) is 1.11. The van der Waals surface area contributed by atoms with Gasteiger partial charge in [0.2, 0.25) is 11.8 Å². The smallest absolute Gasteiger partial charge is 0.239 e. The zero-order valence-electron chi connectivity index (χ0n) is 9.51. The maximum absolute atomic E-state index is 11.2. The summed E-state index contributed by atoms with van der Waals surface area (Å²) < 4.78 is 0. The molecule has 0 radical (unpaired) electrons. The Morgan fingerprint density at radius 2 is 1.93 bits per heavy atom. The maximum atomic E-state index is 11.2. The number of carbonyl (C=O) groups is 2. The number of hydrogen-bond donors (Lipinski definition) is 3. The van der Waals surface area contributed by atoms with Gasteiger partial charge in [0.15, 0.2) is 0 Å². The third kappa shape index (κ3) is 9.21. The van der Waals surface area contributed by atoms with Crippen LogP contribution in [0.3, 0.4) is 0 Å². The maximum Gasteiger partial charge on any atom is 0.239 e. The fraction of sp³-hybridized carbons (Fsp3) is 0.800. The van der Waals surface area contributed by atoms with Crippen molar-refractivity contribution in [1.29, 1.82) is 0 Å². The van der Waals surface area contributed by atoms with Gasteiger partial charge in [-0.25, -0.2) is 0 Å². The van der Waals surface area contributed by atoms with Gasteiger partial charge in [-0.3, -0.25) is 9.59 Å². The Labute approximate surface area is 90.8 Å². The Bertz CT molecular complexity index is 205. The predicted octanol–water partition coefficient (Wildman–Crippen LogP) is -0.244. The molecule has 0 aromatic heterocycles. The number of rotatable bonds is 7. The van der Waals surface area contributed by atoms with Crippen molar-refractivity contribution in [2.75, 3.05) is 13.1 Å². The van der Waals surface area contributed by atoms with E-state index in [2.05, 4.69) is 10.6 Å². The molecule has 0 heterocycles. The largest absolute Gasteiger partial charge is 0.355 e. The summed E-state index contributed by atoms with van der Waals surface area (Å²) >= 11 is 0. The summed E-state index contributed by atoms with van der Waals surface area (Å²) in [4.78, 5) is 22.2. The molecule has 5 heteroatoms. The van der Waals surface area contributed by atoms with Crippen LogP contribution in [0.15, 0.2) is 0 Å². The van der Waals surface area contributed by atoms with Crippen molar-refractivity contribution in [2.24, 2.45) is 5.73 Å². The second kappa shape index (κ2) is 8.23. The average molecular weight is 215 g/mol. The Kier molecular flexibility index (Phi) is 7.62. The Morgan fingerprint density at radius 3 is 2.47 bits per heavy atom. The van der Waals surface area contributed by atoms with Crippen LogP contribution in [0.2, 0.25) is 0 Å². The van der Waals surface area contributed by atoms with Crippen molar-refractivity contribution < 1.29 is 9.59 Å². The molecule has 0 saturated heterocycles. The van der Waals surface area contributed by atoms with Crippen LogP contribution in [0.5, 0.6) is 0 Å². The lowest BCUT2D eigenvalue weighted by molar-refractivity contribution is -0.126. The van der Waals surface area contributed by atoms with Crippen molar-refractivity contribution >= 4 is 11.8 Å². The zero-order valence-corrected chi connectivity index (χ0v) is 9.51. The average Bonchev–Trinajstić information content (AvgIpc) is 2.14. The molecule has 0 aliphatic carbocycles. The van der Waals surface area contributed by atoms with Crippen molar-refractivity contribution in [3.8, 4) is 0 Å². The molecule has 0 saturated carbocycles. The molecule has 5 nitrogen and oxygen atoms in total. The zero-order chi connectivity index (χ0) is 11.7. The molecule has 0 aliphatic rings. The molecule has 2 amide bonds. The van der Waals surface area contributed by atoms with Gasteiger partial charge >= 0.3 is 0 Å². The third-order valence-corrected chi connectivity index (χ3v) is 1.88. The fourth-order valence-corrected chi connectivity index (χ4v) is 1.11. The van der Waals surface area contributed by atoms with E-state index in [1.165, 1.54) is 0 Å². The number of nitrogens with one attached hydrogen (secondary N) is 2. The number of carbonyl (C=O) groups excluding carboxylic acids is 2. The highest BCUT2D eigenvalue weighted by molar-refractivity contribution is 5.84. The van der Waals surface area contributed by atoms with Gasteiger partial charge in [-0.05, 0) is 26.7 Å². The van der Waals surface area contributed by atoms with E-state index in [1.807, 2.05) is 13.8 Å². The number of likely N-dealkylation sites (N-methyl/N-ethyl adjacent to an activating group) is 1. The van der Waals surface area contributed by atoms with Crippen LogP contribution in [-0.4, -0.2) is 30.9 Å². The van der Waals surface area contributed by atoms with E-state index in [-0.39, 0.29) is 24.4 Å². The number of amides is 2. The lowest BCUT2D eigenvalue weighted by Gasteiger charge is -2.06. The van der Waals surface area contributed by atoms with Gasteiger partial charge in [0.25, 0.3) is 0 Å². The van der Waals surface area contributed by atoms with Crippen LogP contribution in [0.25, 0.3) is 0 Å². The summed E-state index contributed by atoms with van der Waals surface area (Å²) in [6.45, 7) is 4.39. The molecular weight excluding hydrogens is 194 g/mol. The van der Waals surface area contributed by atoms with E-state index in [4.69, 9.17) is 5.73 Å². The predicted molar refractivity (Wildman–Crippen MR) is 59.2 cm³/mol. The molecule has 1 unspecified atom stereocenters. The van der Waals surface area contributed by atoms with Gasteiger partial charge in [0.05, 0.1) is 6.54 Å². The van der Waals surface area contributed by atoms with Gasteiger partial charge in [0.1, 0.15) is 0 Å². The number of hydrogen-bond acceptors (Lipinski definition) is 3. The Balaban J connectivity index is 3.45. The summed E-state index contributed by atoms with van der Waals surface area (Å²) in [5, 5.41) is 5.15. The minimum absolute atomic E-state index is 0.0604. The standard InChI is InChI=1S/C10H21N3O2/c1-3-12-10(15)7-13-9(14)6-4-5-8(2)11/h8H,3-7,11H2,1-2H3,(H,12,15)(H,13,14). The normalized spacial score (nSPS) is 11.9. The van der Waals surface area contributed by atoms with Crippen molar-refractivity contribution in [2.45, 2.75) is 39.2 Å². The van der Waals surface area contributed by atoms with Crippen LogP contribution < -0.4 is 16.4 Å². The molecule has 0 bridgehead atoms. The lowest BCUT2D eigenvalue weighted by atomic mass is 10.1. The van der Waals surface area contributed by atoms with Crippen molar-refractivity contribution in [3.63, 3.8) is 0 Å². The first-order valence-electron chi connectivity index (χ1n) is 5.35. The van der Waals surface area contributed by atoms with E-state index in [1.54, 1.807) is 0 Å². The van der Waals surface area contributed by atoms with Gasteiger partial charge in [0, 0.05) is 19.0 Å². The molecule has 0 fully saturated rings. The molecule has 0 rings (SSSR count). The molecule has 15 heavy (non-hydrogen) atoms. The quantitative estimate of drug-likeness (QED) is 0.548. The van der Waals surface area contributed by atoms with E-state index >= 15 is 0 Å². The highest BCUT2D eigenvalue weighted by Crippen LogP contribution is 1.97.